The zero-order valence-corrected chi connectivity index (χ0v) is 4.29. The molecule has 0 aromatic carbocycles. The van der Waals surface area contributed by atoms with E-state index in [0.717, 1.165) is 0 Å². The topological polar surface area (TPSA) is 58.7 Å². The van der Waals surface area contributed by atoms with E-state index in [1.807, 2.05) is 0 Å². The highest BCUT2D eigenvalue weighted by atomic mass is 16.3. The SMILES string of the molecule is CN(CCN)N=O. The van der Waals surface area contributed by atoms with Gasteiger partial charge in [-0.3, -0.25) is 5.01 Å². The lowest BCUT2D eigenvalue weighted by atomic mass is 10.6. The molecular weight excluding hydrogens is 94.1 g/mol. The molecule has 0 bridgehead atoms. The molecule has 4 heteroatoms. The van der Waals surface area contributed by atoms with E-state index in [2.05, 4.69) is 5.29 Å². The summed E-state index contributed by atoms with van der Waals surface area (Å²) in [6, 6.07) is 0. The number of hydrogen-bond donors (Lipinski definition) is 1. The maximum atomic E-state index is 9.52. The Kier molecular flexibility index (Phi) is 3.22. The Morgan fingerprint density at radius 2 is 2.43 bits per heavy atom. The van der Waals surface area contributed by atoms with Crippen LogP contribution < -0.4 is 5.73 Å². The van der Waals surface area contributed by atoms with Crippen molar-refractivity contribution in [3.05, 3.63) is 4.91 Å². The molecule has 0 amide bonds. The maximum absolute atomic E-state index is 9.52. The lowest BCUT2D eigenvalue weighted by Gasteiger charge is -2.02. The van der Waals surface area contributed by atoms with Gasteiger partial charge in [0.2, 0.25) is 0 Å². The third-order valence-corrected chi connectivity index (χ3v) is 0.592. The first-order valence-electron chi connectivity index (χ1n) is 2.05. The molecule has 0 aromatic heterocycles. The summed E-state index contributed by atoms with van der Waals surface area (Å²) in [6.45, 7) is 1.01. The number of hydrogen-bond acceptors (Lipinski definition) is 3. The summed E-state index contributed by atoms with van der Waals surface area (Å²) in [5, 5.41) is 3.83. The van der Waals surface area contributed by atoms with Crippen LogP contribution in [0.5, 0.6) is 0 Å². The van der Waals surface area contributed by atoms with Crippen molar-refractivity contribution in [1.29, 1.82) is 0 Å². The van der Waals surface area contributed by atoms with Crippen LogP contribution in [0, 0.1) is 4.91 Å². The lowest BCUT2D eigenvalue weighted by molar-refractivity contribution is 0.359. The zero-order chi connectivity index (χ0) is 5.70. The Labute approximate surface area is 42.2 Å². The number of nitroso groups, excluding NO2 is 1. The lowest BCUT2D eigenvalue weighted by Crippen LogP contribution is -2.19. The van der Waals surface area contributed by atoms with Crippen molar-refractivity contribution in [1.82, 2.24) is 5.01 Å². The second-order valence-corrected chi connectivity index (χ2v) is 1.25. The monoisotopic (exact) mass is 103 g/mol. The van der Waals surface area contributed by atoms with Gasteiger partial charge in [0.25, 0.3) is 0 Å². The Morgan fingerprint density at radius 3 is 2.57 bits per heavy atom. The van der Waals surface area contributed by atoms with Gasteiger partial charge >= 0.3 is 0 Å². The molecule has 2 N–H and O–H groups in total. The largest absolute Gasteiger partial charge is 0.329 e. The Hall–Kier alpha value is -0.640. The molecule has 0 atom stereocenters. The Bertz CT molecular complexity index is 56.1. The Balaban J connectivity index is 2.98. The molecule has 0 spiro atoms. The van der Waals surface area contributed by atoms with Gasteiger partial charge in [-0.15, -0.1) is 4.91 Å². The summed E-state index contributed by atoms with van der Waals surface area (Å²) >= 11 is 0. The van der Waals surface area contributed by atoms with E-state index in [1.54, 1.807) is 7.05 Å². The fourth-order valence-corrected chi connectivity index (χ4v) is 0.228. The molecule has 0 aliphatic rings. The van der Waals surface area contributed by atoms with Crippen LogP contribution in [-0.2, 0) is 0 Å². The summed E-state index contributed by atoms with van der Waals surface area (Å²) in [5.74, 6) is 0. The van der Waals surface area contributed by atoms with Crippen molar-refractivity contribution >= 4 is 0 Å². The van der Waals surface area contributed by atoms with E-state index >= 15 is 0 Å². The van der Waals surface area contributed by atoms with Gasteiger partial charge in [0, 0.05) is 13.6 Å². The van der Waals surface area contributed by atoms with E-state index in [0.29, 0.717) is 13.1 Å². The van der Waals surface area contributed by atoms with E-state index in [-0.39, 0.29) is 0 Å². The number of nitrogens with zero attached hydrogens (tertiary/aromatic N) is 2. The van der Waals surface area contributed by atoms with Crippen LogP contribution in [0.25, 0.3) is 0 Å². The fraction of sp³-hybridized carbons (Fsp3) is 1.00. The van der Waals surface area contributed by atoms with Crippen molar-refractivity contribution in [2.75, 3.05) is 20.1 Å². The second-order valence-electron chi connectivity index (χ2n) is 1.25. The molecule has 0 aliphatic carbocycles. The number of rotatable bonds is 3. The highest BCUT2D eigenvalue weighted by Crippen LogP contribution is 1.75. The molecule has 0 aliphatic heterocycles. The van der Waals surface area contributed by atoms with Crippen molar-refractivity contribution in [3.63, 3.8) is 0 Å². The minimum atomic E-state index is 0.474. The van der Waals surface area contributed by atoms with Crippen LogP contribution in [-0.4, -0.2) is 25.1 Å². The zero-order valence-electron chi connectivity index (χ0n) is 4.29. The van der Waals surface area contributed by atoms with Crippen molar-refractivity contribution in [3.8, 4) is 0 Å². The molecule has 0 aromatic rings. The number of likely N-dealkylation sites (N-methyl/N-ethyl adjacent to an activating group) is 1. The van der Waals surface area contributed by atoms with Crippen molar-refractivity contribution in [2.24, 2.45) is 11.0 Å². The van der Waals surface area contributed by atoms with Crippen LogP contribution in [0.3, 0.4) is 0 Å². The summed E-state index contributed by atoms with van der Waals surface area (Å²) in [4.78, 5) is 9.52. The summed E-state index contributed by atoms with van der Waals surface area (Å²) in [6.07, 6.45) is 0. The van der Waals surface area contributed by atoms with Gasteiger partial charge in [-0.2, -0.15) is 0 Å². The van der Waals surface area contributed by atoms with Gasteiger partial charge in [-0.25, -0.2) is 0 Å². The molecule has 0 saturated heterocycles. The van der Waals surface area contributed by atoms with Gasteiger partial charge in [-0.05, 0) is 0 Å². The Morgan fingerprint density at radius 1 is 1.86 bits per heavy atom. The highest BCUT2D eigenvalue weighted by Gasteiger charge is 1.86. The fourth-order valence-electron chi connectivity index (χ4n) is 0.228. The summed E-state index contributed by atoms with van der Waals surface area (Å²) in [5.41, 5.74) is 5.06. The minimum absolute atomic E-state index is 0.474. The molecule has 42 valence electrons. The van der Waals surface area contributed by atoms with E-state index < -0.39 is 0 Å². The molecular formula is C3H9N3O. The molecule has 0 unspecified atom stereocenters. The molecule has 0 radical (unpaired) electrons. The van der Waals surface area contributed by atoms with Gasteiger partial charge in [0.05, 0.1) is 11.8 Å². The van der Waals surface area contributed by atoms with E-state index in [4.69, 9.17) is 5.73 Å². The molecule has 7 heavy (non-hydrogen) atoms. The number of nitrogens with two attached hydrogens (primary N) is 1. The van der Waals surface area contributed by atoms with Gasteiger partial charge in [0.15, 0.2) is 0 Å². The van der Waals surface area contributed by atoms with Crippen molar-refractivity contribution < 1.29 is 0 Å². The summed E-state index contributed by atoms with van der Waals surface area (Å²) < 4.78 is 0. The van der Waals surface area contributed by atoms with E-state index in [9.17, 15) is 4.91 Å². The predicted octanol–water partition coefficient (Wildman–Crippen LogP) is -0.442. The maximum Gasteiger partial charge on any atom is 0.0521 e. The second kappa shape index (κ2) is 3.55. The average molecular weight is 103 g/mol. The first-order valence-corrected chi connectivity index (χ1v) is 2.05. The van der Waals surface area contributed by atoms with E-state index in [1.165, 1.54) is 5.01 Å². The van der Waals surface area contributed by atoms with Crippen molar-refractivity contribution in [2.45, 2.75) is 0 Å². The summed E-state index contributed by atoms with van der Waals surface area (Å²) in [7, 11) is 1.58. The quantitative estimate of drug-likeness (QED) is 0.389. The molecule has 0 saturated carbocycles. The minimum Gasteiger partial charge on any atom is -0.329 e. The highest BCUT2D eigenvalue weighted by molar-refractivity contribution is 4.40. The third-order valence-electron chi connectivity index (χ3n) is 0.592. The molecule has 0 rings (SSSR count). The van der Waals surface area contributed by atoms with Crippen LogP contribution >= 0.6 is 0 Å². The third kappa shape index (κ3) is 3.18. The van der Waals surface area contributed by atoms with Gasteiger partial charge < -0.3 is 5.73 Å². The average Bonchev–Trinajstić information content (AvgIpc) is 1.68. The molecule has 0 heterocycles. The normalized spacial score (nSPS) is 8.29. The van der Waals surface area contributed by atoms with Gasteiger partial charge in [-0.1, -0.05) is 0 Å². The first-order chi connectivity index (χ1) is 3.31. The first kappa shape index (κ1) is 6.36. The van der Waals surface area contributed by atoms with Crippen LogP contribution in [0.2, 0.25) is 0 Å². The smallest absolute Gasteiger partial charge is 0.0521 e. The predicted molar refractivity (Wildman–Crippen MR) is 27.5 cm³/mol. The van der Waals surface area contributed by atoms with Crippen LogP contribution in [0.4, 0.5) is 0 Å². The molecule has 4 nitrogen and oxygen atoms in total. The van der Waals surface area contributed by atoms with Crippen LogP contribution in [0.1, 0.15) is 0 Å². The van der Waals surface area contributed by atoms with Gasteiger partial charge in [0.1, 0.15) is 0 Å². The molecule has 0 fully saturated rings. The standard InChI is InChI=1S/C3H9N3O/c1-6(5-7)3-2-4/h2-4H2,1H3. The van der Waals surface area contributed by atoms with Crippen LogP contribution in [0.15, 0.2) is 5.29 Å².